The van der Waals surface area contributed by atoms with E-state index in [0.717, 1.165) is 0 Å². The zero-order chi connectivity index (χ0) is 13.9. The van der Waals surface area contributed by atoms with Crippen LogP contribution in [-0.4, -0.2) is 28.2 Å². The fourth-order valence-corrected chi connectivity index (χ4v) is 1.59. The molecule has 1 amide bonds. The number of aromatic nitrogens is 1. The summed E-state index contributed by atoms with van der Waals surface area (Å²) in [7, 11) is 0. The lowest BCUT2D eigenvalue weighted by atomic mass is 10.1. The van der Waals surface area contributed by atoms with Gasteiger partial charge in [0.2, 0.25) is 0 Å². The Morgan fingerprint density at radius 1 is 1.50 bits per heavy atom. The van der Waals surface area contributed by atoms with E-state index in [2.05, 4.69) is 17.1 Å². The van der Waals surface area contributed by atoms with Crippen molar-refractivity contribution in [3.05, 3.63) is 29.2 Å². The van der Waals surface area contributed by atoms with Gasteiger partial charge in [0.05, 0.1) is 5.69 Å². The highest BCUT2D eigenvalue weighted by Gasteiger charge is 2.24. The highest BCUT2D eigenvalue weighted by Crippen LogP contribution is 2.13. The molecule has 0 bridgehead atoms. The summed E-state index contributed by atoms with van der Waals surface area (Å²) < 4.78 is 4.86. The predicted molar refractivity (Wildman–Crippen MR) is 64.3 cm³/mol. The van der Waals surface area contributed by atoms with E-state index in [4.69, 9.17) is 9.63 Å². The minimum absolute atomic E-state index is 0.185. The Kier molecular flexibility index (Phi) is 4.25. The number of rotatable bonds is 5. The summed E-state index contributed by atoms with van der Waals surface area (Å²) in [5.74, 6) is -1.23. The summed E-state index contributed by atoms with van der Waals surface area (Å²) in [5, 5.41) is 15.1. The van der Waals surface area contributed by atoms with Crippen LogP contribution in [0.3, 0.4) is 0 Å². The van der Waals surface area contributed by atoms with E-state index in [1.807, 2.05) is 0 Å². The maximum atomic E-state index is 11.9. The largest absolute Gasteiger partial charge is 0.480 e. The Hall–Kier alpha value is -2.11. The van der Waals surface area contributed by atoms with Gasteiger partial charge in [-0.25, -0.2) is 4.79 Å². The molecule has 0 saturated heterocycles. The van der Waals surface area contributed by atoms with Crippen LogP contribution in [-0.2, 0) is 4.79 Å². The molecule has 18 heavy (non-hydrogen) atoms. The molecule has 2 N–H and O–H groups in total. The number of carbonyl (C=O) groups excluding carboxylic acids is 1. The Balaban J connectivity index is 2.85. The van der Waals surface area contributed by atoms with E-state index in [-0.39, 0.29) is 12.0 Å². The third-order valence-corrected chi connectivity index (χ3v) is 2.42. The topological polar surface area (TPSA) is 92.4 Å². The molecule has 0 aromatic carbocycles. The molecule has 0 spiro atoms. The summed E-state index contributed by atoms with van der Waals surface area (Å²) >= 11 is 0. The van der Waals surface area contributed by atoms with Crippen molar-refractivity contribution in [2.24, 2.45) is 0 Å². The molecule has 0 aliphatic heterocycles. The average molecular weight is 252 g/mol. The van der Waals surface area contributed by atoms with E-state index in [0.29, 0.717) is 17.0 Å². The number of hydrogen-bond donors (Lipinski definition) is 2. The van der Waals surface area contributed by atoms with Crippen molar-refractivity contribution in [3.8, 4) is 0 Å². The molecule has 0 radical (unpaired) electrons. The van der Waals surface area contributed by atoms with E-state index in [1.54, 1.807) is 20.8 Å². The number of aryl methyl sites for hydroxylation is 2. The molecule has 0 aliphatic rings. The van der Waals surface area contributed by atoms with Crippen LogP contribution in [0.2, 0.25) is 0 Å². The van der Waals surface area contributed by atoms with Crippen molar-refractivity contribution in [1.82, 2.24) is 10.5 Å². The summed E-state index contributed by atoms with van der Waals surface area (Å²) in [4.78, 5) is 23.0. The molecule has 6 nitrogen and oxygen atoms in total. The second kappa shape index (κ2) is 5.48. The van der Waals surface area contributed by atoms with E-state index in [1.165, 1.54) is 0 Å². The molecule has 1 rings (SSSR count). The van der Waals surface area contributed by atoms with Gasteiger partial charge in [-0.3, -0.25) is 4.79 Å². The van der Waals surface area contributed by atoms with Crippen LogP contribution >= 0.6 is 0 Å². The van der Waals surface area contributed by atoms with Crippen LogP contribution in [0.1, 0.15) is 35.2 Å². The van der Waals surface area contributed by atoms with Gasteiger partial charge in [0.15, 0.2) is 0 Å². The first-order valence-electron chi connectivity index (χ1n) is 5.43. The molecule has 6 heteroatoms. The van der Waals surface area contributed by atoms with Crippen molar-refractivity contribution in [1.29, 1.82) is 0 Å². The second-order valence-corrected chi connectivity index (χ2v) is 4.22. The zero-order valence-corrected chi connectivity index (χ0v) is 10.6. The van der Waals surface area contributed by atoms with Gasteiger partial charge in [-0.1, -0.05) is 10.7 Å². The highest BCUT2D eigenvalue weighted by atomic mass is 16.5. The number of aliphatic carboxylic acids is 1. The third-order valence-electron chi connectivity index (χ3n) is 2.42. The molecular weight excluding hydrogens is 236 g/mol. The number of carboxylic acids is 1. The van der Waals surface area contributed by atoms with E-state index < -0.39 is 17.9 Å². The molecule has 1 aromatic heterocycles. The first-order chi connectivity index (χ1) is 8.32. The average Bonchev–Trinajstić information content (AvgIpc) is 2.56. The first-order valence-corrected chi connectivity index (χ1v) is 5.43. The van der Waals surface area contributed by atoms with Gasteiger partial charge in [0, 0.05) is 0 Å². The lowest BCUT2D eigenvalue weighted by Gasteiger charge is -2.14. The van der Waals surface area contributed by atoms with Gasteiger partial charge in [-0.15, -0.1) is 6.58 Å². The molecule has 1 unspecified atom stereocenters. The molecular formula is C12H16N2O4. The molecule has 98 valence electrons. The molecule has 0 fully saturated rings. The van der Waals surface area contributed by atoms with Gasteiger partial charge >= 0.3 is 5.97 Å². The Bertz CT molecular complexity index is 471. The van der Waals surface area contributed by atoms with Crippen LogP contribution < -0.4 is 5.32 Å². The normalized spacial score (nSPS) is 11.9. The van der Waals surface area contributed by atoms with Crippen LogP contribution in [0, 0.1) is 13.8 Å². The Labute approximate surface area is 105 Å². The number of carboxylic acid groups (broad SMARTS) is 1. The van der Waals surface area contributed by atoms with Crippen molar-refractivity contribution in [2.75, 3.05) is 0 Å². The second-order valence-electron chi connectivity index (χ2n) is 4.22. The number of nitrogens with zero attached hydrogens (tertiary/aromatic N) is 1. The van der Waals surface area contributed by atoms with Gasteiger partial charge in [0.25, 0.3) is 5.91 Å². The summed E-state index contributed by atoms with van der Waals surface area (Å²) in [6, 6.07) is -0.997. The van der Waals surface area contributed by atoms with Gasteiger partial charge in [-0.2, -0.15) is 0 Å². The van der Waals surface area contributed by atoms with Crippen molar-refractivity contribution in [2.45, 2.75) is 33.2 Å². The van der Waals surface area contributed by atoms with Gasteiger partial charge in [-0.05, 0) is 27.2 Å². The molecule has 1 heterocycles. The number of carbonyl (C=O) groups is 2. The zero-order valence-electron chi connectivity index (χ0n) is 10.6. The lowest BCUT2D eigenvalue weighted by Crippen LogP contribution is -2.41. The van der Waals surface area contributed by atoms with Crippen LogP contribution in [0.25, 0.3) is 0 Å². The minimum Gasteiger partial charge on any atom is -0.480 e. The highest BCUT2D eigenvalue weighted by molar-refractivity contribution is 5.98. The number of nitrogens with one attached hydrogen (secondary N) is 1. The van der Waals surface area contributed by atoms with Crippen molar-refractivity contribution >= 4 is 11.9 Å². The fourth-order valence-electron chi connectivity index (χ4n) is 1.59. The fraction of sp³-hybridized carbons (Fsp3) is 0.417. The summed E-state index contributed by atoms with van der Waals surface area (Å²) in [5.41, 5.74) is 1.40. The molecule has 0 saturated carbocycles. The lowest BCUT2D eigenvalue weighted by molar-refractivity contribution is -0.139. The van der Waals surface area contributed by atoms with Crippen molar-refractivity contribution in [3.63, 3.8) is 0 Å². The van der Waals surface area contributed by atoms with E-state index >= 15 is 0 Å². The Morgan fingerprint density at radius 3 is 2.50 bits per heavy atom. The smallest absolute Gasteiger partial charge is 0.326 e. The van der Waals surface area contributed by atoms with Crippen molar-refractivity contribution < 1.29 is 19.2 Å². The summed E-state index contributed by atoms with van der Waals surface area (Å²) in [6.07, 6.45) is 0.185. The predicted octanol–water partition coefficient (Wildman–Crippen LogP) is 1.44. The maximum absolute atomic E-state index is 11.9. The van der Waals surface area contributed by atoms with Crippen LogP contribution in [0.15, 0.2) is 16.7 Å². The summed E-state index contributed by atoms with van der Waals surface area (Å²) in [6.45, 7) is 8.57. The SMILES string of the molecule is C=C(C)CC(NC(=O)c1c(C)noc1C)C(=O)O. The maximum Gasteiger partial charge on any atom is 0.326 e. The molecule has 1 aromatic rings. The molecule has 1 atom stereocenters. The van der Waals surface area contributed by atoms with Crippen LogP contribution in [0.4, 0.5) is 0 Å². The standard InChI is InChI=1S/C12H16N2O4/c1-6(2)5-9(12(16)17)13-11(15)10-7(3)14-18-8(10)4/h9H,1,5H2,2-4H3,(H,13,15)(H,16,17). The monoisotopic (exact) mass is 252 g/mol. The minimum atomic E-state index is -1.10. The number of hydrogen-bond acceptors (Lipinski definition) is 4. The Morgan fingerprint density at radius 2 is 2.11 bits per heavy atom. The third kappa shape index (κ3) is 3.19. The quantitative estimate of drug-likeness (QED) is 0.773. The van der Waals surface area contributed by atoms with Gasteiger partial charge < -0.3 is 14.9 Å². The van der Waals surface area contributed by atoms with Crippen LogP contribution in [0.5, 0.6) is 0 Å². The number of amides is 1. The van der Waals surface area contributed by atoms with E-state index in [9.17, 15) is 9.59 Å². The molecule has 0 aliphatic carbocycles. The van der Waals surface area contributed by atoms with Gasteiger partial charge in [0.1, 0.15) is 17.4 Å². The first kappa shape index (κ1) is 14.0.